The van der Waals surface area contributed by atoms with Crippen LogP contribution in [0.2, 0.25) is 0 Å². The Morgan fingerprint density at radius 2 is 2.27 bits per heavy atom. The summed E-state index contributed by atoms with van der Waals surface area (Å²) in [5.74, 6) is -0.235. The molecule has 0 saturated carbocycles. The minimum absolute atomic E-state index is 0.221. The van der Waals surface area contributed by atoms with Crippen molar-refractivity contribution >= 4 is 5.91 Å². The second-order valence-electron chi connectivity index (χ2n) is 2.88. The Bertz CT molecular complexity index is 115. The van der Waals surface area contributed by atoms with Crippen LogP contribution in [0.25, 0.3) is 0 Å². The summed E-state index contributed by atoms with van der Waals surface area (Å²) in [4.78, 5) is 10.4. The third-order valence-electron chi connectivity index (χ3n) is 1.53. The van der Waals surface area contributed by atoms with Gasteiger partial charge in [-0.25, -0.2) is 0 Å². The van der Waals surface area contributed by atoms with Crippen LogP contribution in [0.4, 0.5) is 0 Å². The smallest absolute Gasteiger partial charge is 0.218 e. The largest absolute Gasteiger partial charge is 0.370 e. The lowest BCUT2D eigenvalue weighted by Crippen LogP contribution is -2.31. The van der Waals surface area contributed by atoms with E-state index in [1.807, 2.05) is 6.92 Å². The van der Waals surface area contributed by atoms with Crippen molar-refractivity contribution in [2.45, 2.75) is 39.2 Å². The lowest BCUT2D eigenvalue weighted by Gasteiger charge is -2.10. The summed E-state index contributed by atoms with van der Waals surface area (Å²) in [5, 5.41) is 3.21. The molecule has 11 heavy (non-hydrogen) atoms. The number of hydrogen-bond acceptors (Lipinski definition) is 2. The second kappa shape index (κ2) is 6.16. The highest BCUT2D eigenvalue weighted by molar-refractivity contribution is 5.74. The SMILES string of the molecule is CCCCNC(C)CC(N)=O. The molecule has 0 aromatic heterocycles. The summed E-state index contributed by atoms with van der Waals surface area (Å²) >= 11 is 0. The Morgan fingerprint density at radius 3 is 2.73 bits per heavy atom. The number of nitrogens with two attached hydrogens (primary N) is 1. The van der Waals surface area contributed by atoms with E-state index in [-0.39, 0.29) is 11.9 Å². The van der Waals surface area contributed by atoms with Gasteiger partial charge in [-0.2, -0.15) is 0 Å². The Balaban J connectivity index is 3.22. The zero-order valence-corrected chi connectivity index (χ0v) is 7.39. The van der Waals surface area contributed by atoms with Crippen LogP contribution in [0.1, 0.15) is 33.1 Å². The Morgan fingerprint density at radius 1 is 1.64 bits per heavy atom. The van der Waals surface area contributed by atoms with E-state index in [1.165, 1.54) is 6.42 Å². The van der Waals surface area contributed by atoms with Crippen LogP contribution < -0.4 is 11.1 Å². The highest BCUT2D eigenvalue weighted by atomic mass is 16.1. The van der Waals surface area contributed by atoms with Crippen molar-refractivity contribution in [2.24, 2.45) is 5.73 Å². The average Bonchev–Trinajstić information content (AvgIpc) is 1.86. The average molecular weight is 158 g/mol. The molecule has 0 aromatic rings. The highest BCUT2D eigenvalue weighted by Gasteiger charge is 2.03. The van der Waals surface area contributed by atoms with Gasteiger partial charge in [0.05, 0.1) is 0 Å². The summed E-state index contributed by atoms with van der Waals surface area (Å²) in [5.41, 5.74) is 5.02. The summed E-state index contributed by atoms with van der Waals surface area (Å²) in [7, 11) is 0. The molecule has 1 unspecified atom stereocenters. The van der Waals surface area contributed by atoms with Gasteiger partial charge >= 0.3 is 0 Å². The topological polar surface area (TPSA) is 55.1 Å². The lowest BCUT2D eigenvalue weighted by atomic mass is 10.2. The molecule has 0 spiro atoms. The van der Waals surface area contributed by atoms with Gasteiger partial charge in [-0.3, -0.25) is 4.79 Å². The van der Waals surface area contributed by atoms with Crippen LogP contribution in [0.15, 0.2) is 0 Å². The Kier molecular flexibility index (Phi) is 5.84. The van der Waals surface area contributed by atoms with E-state index in [0.717, 1.165) is 13.0 Å². The number of hydrogen-bond donors (Lipinski definition) is 2. The fourth-order valence-corrected chi connectivity index (χ4v) is 0.899. The third-order valence-corrected chi connectivity index (χ3v) is 1.53. The first-order valence-corrected chi connectivity index (χ1v) is 4.18. The van der Waals surface area contributed by atoms with Crippen LogP contribution >= 0.6 is 0 Å². The van der Waals surface area contributed by atoms with Gasteiger partial charge in [-0.15, -0.1) is 0 Å². The van der Waals surface area contributed by atoms with Crippen molar-refractivity contribution in [3.8, 4) is 0 Å². The number of amides is 1. The number of nitrogens with one attached hydrogen (secondary N) is 1. The quantitative estimate of drug-likeness (QED) is 0.557. The molecular weight excluding hydrogens is 140 g/mol. The van der Waals surface area contributed by atoms with Crippen LogP contribution in [-0.4, -0.2) is 18.5 Å². The number of carbonyl (C=O) groups is 1. The van der Waals surface area contributed by atoms with Gasteiger partial charge in [0, 0.05) is 12.5 Å². The maximum absolute atomic E-state index is 10.4. The van der Waals surface area contributed by atoms with E-state index in [9.17, 15) is 4.79 Å². The van der Waals surface area contributed by atoms with Crippen molar-refractivity contribution in [1.82, 2.24) is 5.32 Å². The van der Waals surface area contributed by atoms with Crippen molar-refractivity contribution in [3.63, 3.8) is 0 Å². The van der Waals surface area contributed by atoms with Crippen molar-refractivity contribution < 1.29 is 4.79 Å². The second-order valence-corrected chi connectivity index (χ2v) is 2.88. The van der Waals surface area contributed by atoms with Crippen molar-refractivity contribution in [1.29, 1.82) is 0 Å². The predicted octanol–water partition coefficient (Wildman–Crippen LogP) is 0.640. The van der Waals surface area contributed by atoms with E-state index < -0.39 is 0 Å². The molecule has 0 aliphatic heterocycles. The van der Waals surface area contributed by atoms with Gasteiger partial charge in [0.1, 0.15) is 0 Å². The standard InChI is InChI=1S/C8H18N2O/c1-3-4-5-10-7(2)6-8(9)11/h7,10H,3-6H2,1-2H3,(H2,9,11). The number of unbranched alkanes of at least 4 members (excludes halogenated alkanes) is 1. The zero-order valence-electron chi connectivity index (χ0n) is 7.39. The molecule has 0 saturated heterocycles. The number of primary amides is 1. The molecule has 0 fully saturated rings. The van der Waals surface area contributed by atoms with E-state index in [2.05, 4.69) is 12.2 Å². The van der Waals surface area contributed by atoms with Crippen LogP contribution in [0, 0.1) is 0 Å². The number of rotatable bonds is 6. The fourth-order valence-electron chi connectivity index (χ4n) is 0.899. The summed E-state index contributed by atoms with van der Waals surface area (Å²) in [6, 6.07) is 0.221. The lowest BCUT2D eigenvalue weighted by molar-refractivity contribution is -0.118. The molecule has 3 N–H and O–H groups in total. The molecule has 0 aliphatic rings. The number of carbonyl (C=O) groups excluding carboxylic acids is 1. The Hall–Kier alpha value is -0.570. The van der Waals surface area contributed by atoms with E-state index in [0.29, 0.717) is 6.42 Å². The molecule has 0 heterocycles. The molecule has 0 aliphatic carbocycles. The van der Waals surface area contributed by atoms with Gasteiger partial charge < -0.3 is 11.1 Å². The first-order valence-electron chi connectivity index (χ1n) is 4.18. The maximum atomic E-state index is 10.4. The molecular formula is C8H18N2O. The van der Waals surface area contributed by atoms with Gasteiger partial charge in [-0.1, -0.05) is 13.3 Å². The molecule has 0 radical (unpaired) electrons. The molecule has 3 nitrogen and oxygen atoms in total. The fraction of sp³-hybridized carbons (Fsp3) is 0.875. The normalized spacial score (nSPS) is 12.9. The molecule has 0 rings (SSSR count). The third kappa shape index (κ3) is 7.33. The van der Waals surface area contributed by atoms with E-state index >= 15 is 0 Å². The molecule has 0 bridgehead atoms. The van der Waals surface area contributed by atoms with Gasteiger partial charge in [0.25, 0.3) is 0 Å². The highest BCUT2D eigenvalue weighted by Crippen LogP contribution is 1.90. The van der Waals surface area contributed by atoms with E-state index in [4.69, 9.17) is 5.73 Å². The van der Waals surface area contributed by atoms with Crippen LogP contribution in [0.5, 0.6) is 0 Å². The first-order chi connectivity index (χ1) is 5.16. The van der Waals surface area contributed by atoms with Crippen molar-refractivity contribution in [2.75, 3.05) is 6.54 Å². The summed E-state index contributed by atoms with van der Waals surface area (Å²) in [6.45, 7) is 5.09. The summed E-state index contributed by atoms with van der Waals surface area (Å²) < 4.78 is 0. The molecule has 0 aromatic carbocycles. The van der Waals surface area contributed by atoms with Gasteiger partial charge in [-0.05, 0) is 19.9 Å². The summed E-state index contributed by atoms with van der Waals surface area (Å²) in [6.07, 6.45) is 2.77. The molecule has 66 valence electrons. The minimum Gasteiger partial charge on any atom is -0.370 e. The molecule has 1 amide bonds. The van der Waals surface area contributed by atoms with E-state index in [1.54, 1.807) is 0 Å². The Labute approximate surface area is 68.3 Å². The molecule has 3 heteroatoms. The zero-order chi connectivity index (χ0) is 8.69. The first kappa shape index (κ1) is 10.4. The van der Waals surface area contributed by atoms with Crippen LogP contribution in [-0.2, 0) is 4.79 Å². The van der Waals surface area contributed by atoms with Crippen LogP contribution in [0.3, 0.4) is 0 Å². The maximum Gasteiger partial charge on any atom is 0.218 e. The molecule has 1 atom stereocenters. The van der Waals surface area contributed by atoms with Crippen molar-refractivity contribution in [3.05, 3.63) is 0 Å². The van der Waals surface area contributed by atoms with Gasteiger partial charge in [0.15, 0.2) is 0 Å². The predicted molar refractivity (Wildman–Crippen MR) is 46.2 cm³/mol. The monoisotopic (exact) mass is 158 g/mol. The minimum atomic E-state index is -0.235. The van der Waals surface area contributed by atoms with Gasteiger partial charge in [0.2, 0.25) is 5.91 Å².